The van der Waals surface area contributed by atoms with Crippen LogP contribution in [0.1, 0.15) is 69.7 Å². The monoisotopic (exact) mass is 804 g/mol. The minimum absolute atomic E-state index is 0.0939. The molecule has 4 N–H and O–H groups in total. The van der Waals surface area contributed by atoms with E-state index in [2.05, 4.69) is 51.3 Å². The number of carbonyl (C=O) groups is 5. The third-order valence-corrected chi connectivity index (χ3v) is 11.6. The first-order chi connectivity index (χ1) is 28.6. The molecule has 4 aliphatic rings. The Hall–Kier alpha value is -6.43. The van der Waals surface area contributed by atoms with Crippen LogP contribution in [0.3, 0.4) is 0 Å². The first-order valence-corrected chi connectivity index (χ1v) is 20.1. The van der Waals surface area contributed by atoms with E-state index in [4.69, 9.17) is 4.74 Å². The van der Waals surface area contributed by atoms with Gasteiger partial charge in [0.05, 0.1) is 35.2 Å². The highest BCUT2D eigenvalue weighted by atomic mass is 16.5. The maximum Gasteiger partial charge on any atom is 0.273 e. The number of fused-ring (bicyclic) bond motifs is 1. The van der Waals surface area contributed by atoms with Gasteiger partial charge in [-0.15, -0.1) is 10.2 Å². The Labute approximate surface area is 341 Å². The molecule has 0 bridgehead atoms. The zero-order valence-corrected chi connectivity index (χ0v) is 33.4. The minimum atomic E-state index is -0.967. The Morgan fingerprint density at radius 3 is 2.46 bits per heavy atom. The van der Waals surface area contributed by atoms with Crippen LogP contribution in [0.15, 0.2) is 48.8 Å². The number of aryl methyl sites for hydroxylation is 1. The number of benzene rings is 2. The van der Waals surface area contributed by atoms with E-state index < -0.39 is 29.7 Å². The zero-order valence-electron chi connectivity index (χ0n) is 33.4. The lowest BCUT2D eigenvalue weighted by Gasteiger charge is -2.44. The van der Waals surface area contributed by atoms with Crippen LogP contribution in [-0.4, -0.2) is 124 Å². The van der Waals surface area contributed by atoms with Crippen LogP contribution in [0.25, 0.3) is 11.4 Å². The highest BCUT2D eigenvalue weighted by Gasteiger charge is 2.45. The molecule has 4 aromatic rings. The van der Waals surface area contributed by atoms with Gasteiger partial charge in [0.15, 0.2) is 23.1 Å². The van der Waals surface area contributed by atoms with Crippen molar-refractivity contribution in [2.45, 2.75) is 44.6 Å². The molecule has 0 radical (unpaired) electrons. The van der Waals surface area contributed by atoms with Crippen molar-refractivity contribution in [3.8, 4) is 17.1 Å². The first kappa shape index (κ1) is 39.4. The normalized spacial score (nSPS) is 18.7. The number of amides is 5. The van der Waals surface area contributed by atoms with Crippen LogP contribution in [-0.2, 0) is 16.6 Å². The van der Waals surface area contributed by atoms with Gasteiger partial charge in [-0.2, -0.15) is 5.10 Å². The van der Waals surface area contributed by atoms with E-state index in [-0.39, 0.29) is 24.4 Å². The molecule has 3 fully saturated rings. The summed E-state index contributed by atoms with van der Waals surface area (Å²) in [4.78, 5) is 73.2. The number of likely N-dealkylation sites (tertiary alicyclic amines) is 1. The van der Waals surface area contributed by atoms with Gasteiger partial charge in [-0.3, -0.25) is 38.9 Å². The number of methoxy groups -OCH3 is 1. The Morgan fingerprint density at radius 1 is 0.932 bits per heavy atom. The molecule has 1 atom stereocenters. The number of rotatable bonds is 14. The van der Waals surface area contributed by atoms with Gasteiger partial charge in [-0.1, -0.05) is 6.07 Å². The summed E-state index contributed by atoms with van der Waals surface area (Å²) >= 11 is 0. The van der Waals surface area contributed by atoms with Crippen LogP contribution in [0.2, 0.25) is 0 Å². The Balaban J connectivity index is 0.784. The van der Waals surface area contributed by atoms with E-state index in [0.29, 0.717) is 63.8 Å². The molecule has 8 rings (SSSR count). The summed E-state index contributed by atoms with van der Waals surface area (Å²) in [5.41, 5.74) is 3.46. The van der Waals surface area contributed by atoms with Crippen LogP contribution in [0.4, 0.5) is 22.9 Å². The van der Waals surface area contributed by atoms with Gasteiger partial charge >= 0.3 is 0 Å². The Morgan fingerprint density at radius 2 is 1.73 bits per heavy atom. The molecule has 5 amide bonds. The zero-order chi connectivity index (χ0) is 41.2. The number of imide groups is 2. The number of hydrogen-bond acceptors (Lipinski definition) is 14. The topological polar surface area (TPSA) is 209 Å². The van der Waals surface area contributed by atoms with Crippen LogP contribution in [0, 0.1) is 11.8 Å². The summed E-state index contributed by atoms with van der Waals surface area (Å²) in [5, 5.41) is 24.5. The molecule has 2 aromatic heterocycles. The van der Waals surface area contributed by atoms with Gasteiger partial charge in [-0.05, 0) is 93.9 Å². The van der Waals surface area contributed by atoms with Crippen molar-refractivity contribution in [2.24, 2.45) is 18.9 Å². The van der Waals surface area contributed by atoms with Gasteiger partial charge < -0.3 is 30.5 Å². The van der Waals surface area contributed by atoms with Crippen molar-refractivity contribution >= 4 is 52.4 Å². The standard InChI is InChI=1S/C41H48N12O6/c1-42-39(56)35-31(45-30-7-4-6-28(36(30)59-3)37-44-23-50(2)49-37)20-33(47-48-35)43-14-5-15-51-16-12-24(13-17-51)18-25-21-52(22-25)26-8-9-27-29(19-26)41(58)53(40(27)57)32-10-11-34(54)46-38(32)55/h4,6-9,19-20,23-25,32H,5,10-18,21-22H2,1-3H3,(H,42,56)(H2,43,45,47)(H,46,54,55). The lowest BCUT2D eigenvalue weighted by molar-refractivity contribution is -0.136. The fraction of sp³-hybridized carbons (Fsp3) is 0.439. The van der Waals surface area contributed by atoms with E-state index in [1.807, 2.05) is 24.3 Å². The molecule has 6 heterocycles. The van der Waals surface area contributed by atoms with E-state index in [9.17, 15) is 24.0 Å². The van der Waals surface area contributed by atoms with Crippen molar-refractivity contribution in [3.63, 3.8) is 0 Å². The predicted molar refractivity (Wildman–Crippen MR) is 217 cm³/mol. The first-order valence-electron chi connectivity index (χ1n) is 20.1. The van der Waals surface area contributed by atoms with Crippen LogP contribution < -0.4 is 30.9 Å². The largest absolute Gasteiger partial charge is 0.494 e. The Kier molecular flexibility index (Phi) is 11.2. The average Bonchev–Trinajstić information content (AvgIpc) is 3.77. The highest BCUT2D eigenvalue weighted by molar-refractivity contribution is 6.23. The number of carbonyl (C=O) groups excluding carboxylic acids is 5. The number of anilines is 4. The predicted octanol–water partition coefficient (Wildman–Crippen LogP) is 2.83. The number of hydrogen-bond donors (Lipinski definition) is 4. The molecular weight excluding hydrogens is 757 g/mol. The summed E-state index contributed by atoms with van der Waals surface area (Å²) in [6.07, 6.45) is 6.23. The molecule has 1 unspecified atom stereocenters. The summed E-state index contributed by atoms with van der Waals surface area (Å²) in [7, 11) is 4.92. The second-order valence-corrected chi connectivity index (χ2v) is 15.6. The number of piperidine rings is 2. The molecule has 0 saturated carbocycles. The molecule has 4 aliphatic heterocycles. The van der Waals surface area contributed by atoms with E-state index >= 15 is 0 Å². The third kappa shape index (κ3) is 8.17. The van der Waals surface area contributed by atoms with E-state index in [1.165, 1.54) is 0 Å². The van der Waals surface area contributed by atoms with Gasteiger partial charge in [0.25, 0.3) is 17.7 Å². The number of ether oxygens (including phenoxy) is 1. The smallest absolute Gasteiger partial charge is 0.273 e. The maximum absolute atomic E-state index is 13.3. The fourth-order valence-electron chi connectivity index (χ4n) is 8.52. The second-order valence-electron chi connectivity index (χ2n) is 15.6. The second kappa shape index (κ2) is 16.8. The van der Waals surface area contributed by atoms with Crippen molar-refractivity contribution < 1.29 is 28.7 Å². The van der Waals surface area contributed by atoms with Crippen LogP contribution >= 0.6 is 0 Å². The summed E-state index contributed by atoms with van der Waals surface area (Å²) in [5.74, 6) is 0.491. The molecule has 3 saturated heterocycles. The van der Waals surface area contributed by atoms with Crippen molar-refractivity contribution in [3.05, 3.63) is 65.6 Å². The number of aromatic nitrogens is 5. The van der Waals surface area contributed by atoms with E-state index in [0.717, 1.165) is 69.0 Å². The molecule has 308 valence electrons. The molecular formula is C41H48N12O6. The maximum atomic E-state index is 13.3. The molecule has 0 spiro atoms. The van der Waals surface area contributed by atoms with Gasteiger partial charge in [0.2, 0.25) is 11.8 Å². The lowest BCUT2D eigenvalue weighted by Crippen LogP contribution is -2.54. The Bertz CT molecular complexity index is 2280. The van der Waals surface area contributed by atoms with Crippen molar-refractivity contribution in [1.29, 1.82) is 0 Å². The molecule has 59 heavy (non-hydrogen) atoms. The summed E-state index contributed by atoms with van der Waals surface area (Å²) < 4.78 is 7.38. The quantitative estimate of drug-likeness (QED) is 0.107. The molecule has 18 heteroatoms. The molecule has 18 nitrogen and oxygen atoms in total. The fourth-order valence-corrected chi connectivity index (χ4v) is 8.52. The average molecular weight is 805 g/mol. The number of para-hydroxylation sites is 1. The minimum Gasteiger partial charge on any atom is -0.494 e. The highest BCUT2D eigenvalue weighted by Crippen LogP contribution is 2.38. The number of nitrogens with zero attached hydrogens (tertiary/aromatic N) is 8. The SMILES string of the molecule is CNC(=O)c1nnc(NCCCN2CCC(CC3CN(c4ccc5c(c4)C(=O)N(C4CCC(=O)NC4=O)C5=O)C3)CC2)cc1Nc1cccc(-c2ncn(C)n2)c1OC. The summed E-state index contributed by atoms with van der Waals surface area (Å²) in [6.45, 7) is 5.54. The lowest BCUT2D eigenvalue weighted by atomic mass is 9.83. The number of nitrogens with one attached hydrogen (secondary N) is 4. The third-order valence-electron chi connectivity index (χ3n) is 11.6. The van der Waals surface area contributed by atoms with Crippen LogP contribution in [0.5, 0.6) is 5.75 Å². The van der Waals surface area contributed by atoms with Gasteiger partial charge in [0.1, 0.15) is 12.4 Å². The van der Waals surface area contributed by atoms with Crippen molar-refractivity contribution in [1.82, 2.24) is 45.4 Å². The summed E-state index contributed by atoms with van der Waals surface area (Å²) in [6, 6.07) is 11.7. The van der Waals surface area contributed by atoms with Crippen molar-refractivity contribution in [2.75, 3.05) is 69.0 Å². The molecule has 0 aliphatic carbocycles. The van der Waals surface area contributed by atoms with Gasteiger partial charge in [0, 0.05) is 51.9 Å². The van der Waals surface area contributed by atoms with Gasteiger partial charge in [-0.25, -0.2) is 4.98 Å². The molecule has 2 aromatic carbocycles. The van der Waals surface area contributed by atoms with E-state index in [1.54, 1.807) is 50.4 Å².